The highest BCUT2D eigenvalue weighted by molar-refractivity contribution is 6.18. The van der Waals surface area contributed by atoms with Crippen LogP contribution >= 0.6 is 0 Å². The van der Waals surface area contributed by atoms with E-state index < -0.39 is 17.4 Å². The van der Waals surface area contributed by atoms with Gasteiger partial charge in [-0.05, 0) is 48.6 Å². The molecule has 0 saturated heterocycles. The standard InChI is InChI=1S/C24H24N4O5/c1-5-15-8-17(22(29)31-11-16-6-7-18-19(9-16)33-13-32-18)20(26-10-15)21-27-24(4,14(2)3)23(30)28(21)12-25/h6-10,14H,5,11,13H2,1-4H3. The summed E-state index contributed by atoms with van der Waals surface area (Å²) in [6.07, 6.45) is 4.14. The minimum absolute atomic E-state index is 0.00233. The molecule has 170 valence electrons. The number of aromatic nitrogens is 1. The Morgan fingerprint density at radius 1 is 1.27 bits per heavy atom. The van der Waals surface area contributed by atoms with Crippen LogP contribution in [0.25, 0.3) is 0 Å². The van der Waals surface area contributed by atoms with Crippen LogP contribution in [0.15, 0.2) is 35.5 Å². The van der Waals surface area contributed by atoms with Gasteiger partial charge in [0.05, 0.1) is 5.56 Å². The van der Waals surface area contributed by atoms with Crippen molar-refractivity contribution in [3.63, 3.8) is 0 Å². The Morgan fingerprint density at radius 2 is 2.03 bits per heavy atom. The number of pyridine rings is 1. The zero-order valence-corrected chi connectivity index (χ0v) is 18.9. The van der Waals surface area contributed by atoms with E-state index in [1.54, 1.807) is 37.4 Å². The second-order valence-electron chi connectivity index (χ2n) is 8.34. The lowest BCUT2D eigenvalue weighted by molar-refractivity contribution is -0.129. The summed E-state index contributed by atoms with van der Waals surface area (Å²) in [6.45, 7) is 7.48. The van der Waals surface area contributed by atoms with Gasteiger partial charge in [0.15, 0.2) is 23.5 Å². The Kier molecular flexibility index (Phi) is 5.77. The molecule has 33 heavy (non-hydrogen) atoms. The number of carbonyl (C=O) groups is 2. The Bertz CT molecular complexity index is 1200. The van der Waals surface area contributed by atoms with Crippen LogP contribution in [-0.4, -0.2) is 39.9 Å². The molecule has 1 atom stereocenters. The smallest absolute Gasteiger partial charge is 0.340 e. The lowest BCUT2D eigenvalue weighted by Crippen LogP contribution is -2.42. The maximum absolute atomic E-state index is 13.1. The number of amidine groups is 1. The summed E-state index contributed by atoms with van der Waals surface area (Å²) >= 11 is 0. The monoisotopic (exact) mass is 448 g/mol. The first-order chi connectivity index (χ1) is 15.8. The van der Waals surface area contributed by atoms with Gasteiger partial charge in [-0.2, -0.15) is 10.2 Å². The molecular formula is C24H24N4O5. The molecule has 4 rings (SSSR count). The van der Waals surface area contributed by atoms with Crippen LogP contribution in [0.4, 0.5) is 0 Å². The lowest BCUT2D eigenvalue weighted by atomic mass is 9.89. The van der Waals surface area contributed by atoms with Gasteiger partial charge in [-0.3, -0.25) is 9.78 Å². The molecule has 0 saturated carbocycles. The minimum Gasteiger partial charge on any atom is -0.457 e. The van der Waals surface area contributed by atoms with Gasteiger partial charge in [-0.1, -0.05) is 26.8 Å². The van der Waals surface area contributed by atoms with Crippen LogP contribution in [0, 0.1) is 17.4 Å². The van der Waals surface area contributed by atoms with Gasteiger partial charge in [-0.15, -0.1) is 0 Å². The third-order valence-corrected chi connectivity index (χ3v) is 6.00. The number of hydrogen-bond donors (Lipinski definition) is 0. The Hall–Kier alpha value is -3.93. The third-order valence-electron chi connectivity index (χ3n) is 6.00. The van der Waals surface area contributed by atoms with E-state index >= 15 is 0 Å². The first-order valence-corrected chi connectivity index (χ1v) is 10.7. The van der Waals surface area contributed by atoms with E-state index in [0.717, 1.165) is 16.0 Å². The van der Waals surface area contributed by atoms with Crippen molar-refractivity contribution in [2.75, 3.05) is 6.79 Å². The Balaban J connectivity index is 1.66. The summed E-state index contributed by atoms with van der Waals surface area (Å²) in [5.74, 6) is 0.0509. The van der Waals surface area contributed by atoms with Gasteiger partial charge in [0.2, 0.25) is 6.79 Å². The van der Waals surface area contributed by atoms with Gasteiger partial charge in [-0.25, -0.2) is 9.79 Å². The summed E-state index contributed by atoms with van der Waals surface area (Å²) in [5.41, 5.74) is 0.711. The number of benzene rings is 1. The number of ether oxygens (including phenoxy) is 3. The van der Waals surface area contributed by atoms with Gasteiger partial charge >= 0.3 is 5.97 Å². The number of fused-ring (bicyclic) bond motifs is 1. The zero-order valence-electron chi connectivity index (χ0n) is 18.9. The number of aryl methyl sites for hydroxylation is 1. The minimum atomic E-state index is -1.12. The fourth-order valence-corrected chi connectivity index (χ4v) is 3.56. The largest absolute Gasteiger partial charge is 0.457 e. The molecule has 1 aromatic carbocycles. The number of rotatable bonds is 6. The van der Waals surface area contributed by atoms with Crippen molar-refractivity contribution < 1.29 is 23.8 Å². The molecule has 0 radical (unpaired) electrons. The van der Waals surface area contributed by atoms with Crippen molar-refractivity contribution in [2.45, 2.75) is 46.3 Å². The number of amides is 1. The number of nitrogens with zero attached hydrogens (tertiary/aromatic N) is 4. The molecule has 0 aliphatic carbocycles. The summed E-state index contributed by atoms with van der Waals surface area (Å²) in [6, 6.07) is 6.96. The predicted octanol–water partition coefficient (Wildman–Crippen LogP) is 3.21. The maximum atomic E-state index is 13.1. The van der Waals surface area contributed by atoms with Gasteiger partial charge in [0.25, 0.3) is 5.91 Å². The normalized spacial score (nSPS) is 19.0. The molecule has 9 nitrogen and oxygen atoms in total. The number of esters is 1. The van der Waals surface area contributed by atoms with E-state index in [1.165, 1.54) is 0 Å². The van der Waals surface area contributed by atoms with Crippen molar-refractivity contribution in [2.24, 2.45) is 10.9 Å². The molecule has 0 N–H and O–H groups in total. The molecule has 1 amide bonds. The van der Waals surface area contributed by atoms with Gasteiger partial charge in [0.1, 0.15) is 17.8 Å². The summed E-state index contributed by atoms with van der Waals surface area (Å²) in [4.78, 5) is 35.9. The molecule has 1 unspecified atom stereocenters. The summed E-state index contributed by atoms with van der Waals surface area (Å²) in [7, 11) is 0. The molecule has 9 heteroatoms. The van der Waals surface area contributed by atoms with E-state index in [9.17, 15) is 14.9 Å². The van der Waals surface area contributed by atoms with Crippen LogP contribution in [0.1, 0.15) is 54.9 Å². The fourth-order valence-electron chi connectivity index (χ4n) is 3.56. The molecule has 2 aliphatic rings. The van der Waals surface area contributed by atoms with Crippen LogP contribution in [0.5, 0.6) is 11.5 Å². The van der Waals surface area contributed by atoms with E-state index in [-0.39, 0.29) is 36.4 Å². The van der Waals surface area contributed by atoms with Crippen molar-refractivity contribution in [3.05, 3.63) is 52.8 Å². The predicted molar refractivity (Wildman–Crippen MR) is 118 cm³/mol. The number of carbonyl (C=O) groups excluding carboxylic acids is 2. The summed E-state index contributed by atoms with van der Waals surface area (Å²) in [5, 5.41) is 9.65. The van der Waals surface area contributed by atoms with E-state index in [2.05, 4.69) is 9.98 Å². The molecule has 0 bridgehead atoms. The van der Waals surface area contributed by atoms with E-state index in [1.807, 2.05) is 27.0 Å². The molecule has 2 aliphatic heterocycles. The molecule has 0 spiro atoms. The van der Waals surface area contributed by atoms with Gasteiger partial charge < -0.3 is 14.2 Å². The molecular weight excluding hydrogens is 424 g/mol. The first kappa shape index (κ1) is 22.3. The van der Waals surface area contributed by atoms with Crippen LogP contribution in [0.2, 0.25) is 0 Å². The van der Waals surface area contributed by atoms with Crippen LogP contribution in [-0.2, 0) is 22.6 Å². The zero-order chi connectivity index (χ0) is 23.8. The number of aliphatic imine (C=N–C) groups is 1. The average Bonchev–Trinajstić information content (AvgIpc) is 3.39. The second kappa shape index (κ2) is 8.54. The van der Waals surface area contributed by atoms with Crippen molar-refractivity contribution >= 4 is 17.7 Å². The fraction of sp³-hybridized carbons (Fsp3) is 0.375. The molecule has 1 aromatic heterocycles. The van der Waals surface area contributed by atoms with E-state index in [0.29, 0.717) is 17.9 Å². The summed E-state index contributed by atoms with van der Waals surface area (Å²) < 4.78 is 16.2. The topological polar surface area (TPSA) is 114 Å². The van der Waals surface area contributed by atoms with E-state index in [4.69, 9.17) is 14.2 Å². The Morgan fingerprint density at radius 3 is 2.73 bits per heavy atom. The second-order valence-corrected chi connectivity index (χ2v) is 8.34. The first-order valence-electron chi connectivity index (χ1n) is 10.7. The highest BCUT2D eigenvalue weighted by atomic mass is 16.7. The van der Waals surface area contributed by atoms with Gasteiger partial charge in [0, 0.05) is 6.20 Å². The average molecular weight is 448 g/mol. The number of hydrogen-bond acceptors (Lipinski definition) is 8. The molecule has 2 aromatic rings. The maximum Gasteiger partial charge on any atom is 0.340 e. The third kappa shape index (κ3) is 3.89. The van der Waals surface area contributed by atoms with Crippen molar-refractivity contribution in [1.29, 1.82) is 5.26 Å². The highest BCUT2D eigenvalue weighted by Gasteiger charge is 2.48. The number of nitriles is 1. The lowest BCUT2D eigenvalue weighted by Gasteiger charge is -2.22. The quantitative estimate of drug-likeness (QED) is 0.492. The molecule has 0 fully saturated rings. The highest BCUT2D eigenvalue weighted by Crippen LogP contribution is 2.34. The molecule has 3 heterocycles. The van der Waals surface area contributed by atoms with Crippen molar-refractivity contribution in [3.8, 4) is 17.7 Å². The SMILES string of the molecule is CCc1cnc(C2=NC(C)(C(C)C)C(=O)N2C#N)c(C(=O)OCc2ccc3c(c2)OCO3)c1. The Labute approximate surface area is 191 Å². The van der Waals surface area contributed by atoms with Crippen LogP contribution in [0.3, 0.4) is 0 Å². The van der Waals surface area contributed by atoms with Crippen LogP contribution < -0.4 is 9.47 Å². The van der Waals surface area contributed by atoms with Crippen molar-refractivity contribution in [1.82, 2.24) is 9.88 Å².